The summed E-state index contributed by atoms with van der Waals surface area (Å²) in [5.74, 6) is 1.70. The zero-order chi connectivity index (χ0) is 18.8. The van der Waals surface area contributed by atoms with Crippen LogP contribution in [0.2, 0.25) is 0 Å². The van der Waals surface area contributed by atoms with Gasteiger partial charge in [0.25, 0.3) is 0 Å². The number of carbonyl (C=O) groups excluding carboxylic acids is 1. The van der Waals surface area contributed by atoms with Crippen molar-refractivity contribution >= 4 is 16.8 Å². The van der Waals surface area contributed by atoms with Crippen LogP contribution in [0.15, 0.2) is 42.6 Å². The molecule has 27 heavy (non-hydrogen) atoms. The third-order valence-corrected chi connectivity index (χ3v) is 4.88. The van der Waals surface area contributed by atoms with Crippen molar-refractivity contribution in [3.8, 4) is 11.5 Å². The van der Waals surface area contributed by atoms with Crippen LogP contribution < -0.4 is 14.8 Å². The summed E-state index contributed by atoms with van der Waals surface area (Å²) in [7, 11) is 0. The van der Waals surface area contributed by atoms with E-state index in [0.29, 0.717) is 19.6 Å². The molecule has 140 valence electrons. The molecule has 2 N–H and O–H groups in total. The number of nitrogens with one attached hydrogen (secondary N) is 2. The Labute approximate surface area is 158 Å². The molecule has 0 radical (unpaired) electrons. The highest BCUT2D eigenvalue weighted by Crippen LogP contribution is 2.35. The van der Waals surface area contributed by atoms with Crippen molar-refractivity contribution in [2.45, 2.75) is 39.3 Å². The Morgan fingerprint density at radius 3 is 3.00 bits per heavy atom. The highest BCUT2D eigenvalue weighted by atomic mass is 16.5. The monoisotopic (exact) mass is 364 g/mol. The van der Waals surface area contributed by atoms with Crippen LogP contribution >= 0.6 is 0 Å². The first-order valence-electron chi connectivity index (χ1n) is 9.41. The van der Waals surface area contributed by atoms with Gasteiger partial charge in [-0.05, 0) is 37.6 Å². The normalized spacial score (nSPS) is 15.4. The summed E-state index contributed by atoms with van der Waals surface area (Å²) in [5.41, 5.74) is 4.15. The van der Waals surface area contributed by atoms with Crippen molar-refractivity contribution in [3.05, 3.63) is 59.3 Å². The molecular formula is C22H24N2O3. The molecule has 3 aromatic rings. The molecule has 2 heterocycles. The average Bonchev–Trinajstić information content (AvgIpc) is 3.22. The zero-order valence-electron chi connectivity index (χ0n) is 15.7. The quantitative estimate of drug-likeness (QED) is 0.700. The van der Waals surface area contributed by atoms with E-state index in [0.717, 1.165) is 39.9 Å². The molecule has 0 unspecified atom stereocenters. The van der Waals surface area contributed by atoms with Crippen molar-refractivity contribution < 1.29 is 14.3 Å². The topological polar surface area (TPSA) is 63.3 Å². The van der Waals surface area contributed by atoms with E-state index < -0.39 is 0 Å². The van der Waals surface area contributed by atoms with Gasteiger partial charge in [-0.2, -0.15) is 0 Å². The Bertz CT molecular complexity index is 977. The molecule has 1 atom stereocenters. The van der Waals surface area contributed by atoms with Gasteiger partial charge in [-0.1, -0.05) is 18.2 Å². The summed E-state index contributed by atoms with van der Waals surface area (Å²) in [4.78, 5) is 15.7. The van der Waals surface area contributed by atoms with Gasteiger partial charge in [0.15, 0.2) is 0 Å². The number of hydrogen-bond donors (Lipinski definition) is 2. The second kappa shape index (κ2) is 7.35. The van der Waals surface area contributed by atoms with Crippen molar-refractivity contribution in [1.82, 2.24) is 10.3 Å². The zero-order valence-corrected chi connectivity index (χ0v) is 15.7. The summed E-state index contributed by atoms with van der Waals surface area (Å²) < 4.78 is 11.6. The van der Waals surface area contributed by atoms with Crippen LogP contribution in [-0.4, -0.2) is 23.6 Å². The maximum absolute atomic E-state index is 12.5. The number of hydrogen-bond acceptors (Lipinski definition) is 3. The second-order valence-corrected chi connectivity index (χ2v) is 6.95. The molecule has 1 amide bonds. The highest BCUT2D eigenvalue weighted by Gasteiger charge is 2.22. The first kappa shape index (κ1) is 17.5. The van der Waals surface area contributed by atoms with E-state index in [4.69, 9.17) is 9.47 Å². The molecule has 0 aliphatic carbocycles. The predicted molar refractivity (Wildman–Crippen MR) is 105 cm³/mol. The van der Waals surface area contributed by atoms with Gasteiger partial charge >= 0.3 is 0 Å². The molecule has 2 aromatic carbocycles. The Morgan fingerprint density at radius 1 is 1.30 bits per heavy atom. The number of fused-ring (bicyclic) bond motifs is 2. The van der Waals surface area contributed by atoms with Crippen LogP contribution in [-0.2, 0) is 24.2 Å². The molecule has 0 saturated carbocycles. The van der Waals surface area contributed by atoms with Gasteiger partial charge in [0, 0.05) is 41.2 Å². The Kier molecular flexibility index (Phi) is 4.75. The molecule has 0 fully saturated rings. The Morgan fingerprint density at radius 2 is 2.15 bits per heavy atom. The minimum Gasteiger partial charge on any atom is -0.494 e. The summed E-state index contributed by atoms with van der Waals surface area (Å²) in [6.45, 7) is 5.03. The van der Waals surface area contributed by atoms with Crippen molar-refractivity contribution in [2.24, 2.45) is 0 Å². The SMILES string of the molecule is CCOc1cc2c(cc1CNC(=O)Cc1c[nH]c3ccccc13)O[C@H](C)C2. The van der Waals surface area contributed by atoms with Crippen molar-refractivity contribution in [2.75, 3.05) is 6.61 Å². The largest absolute Gasteiger partial charge is 0.494 e. The number of rotatable bonds is 6. The Balaban J connectivity index is 1.46. The van der Waals surface area contributed by atoms with Gasteiger partial charge in [-0.15, -0.1) is 0 Å². The van der Waals surface area contributed by atoms with Crippen LogP contribution in [0.3, 0.4) is 0 Å². The minimum absolute atomic E-state index is 0.0167. The third kappa shape index (κ3) is 3.63. The standard InChI is InChI=1S/C22H24N2O3/c1-3-26-20-9-15-8-14(2)27-21(15)10-17(20)13-24-22(25)11-16-12-23-19-7-5-4-6-18(16)19/h4-7,9-10,12,14,23H,3,8,11,13H2,1-2H3,(H,24,25)/t14-/m1/s1. The fraction of sp³-hybridized carbons (Fsp3) is 0.318. The van der Waals surface area contributed by atoms with Crippen molar-refractivity contribution in [1.29, 1.82) is 0 Å². The van der Waals surface area contributed by atoms with Gasteiger partial charge in [0.05, 0.1) is 13.0 Å². The summed E-state index contributed by atoms with van der Waals surface area (Å²) in [6, 6.07) is 12.0. The van der Waals surface area contributed by atoms with E-state index in [9.17, 15) is 4.79 Å². The molecule has 0 spiro atoms. The molecule has 5 heteroatoms. The van der Waals surface area contributed by atoms with Gasteiger partial charge in [0.1, 0.15) is 17.6 Å². The summed E-state index contributed by atoms with van der Waals surface area (Å²) in [5, 5.41) is 4.10. The lowest BCUT2D eigenvalue weighted by molar-refractivity contribution is -0.120. The van der Waals surface area contributed by atoms with E-state index in [1.54, 1.807) is 0 Å². The van der Waals surface area contributed by atoms with Crippen LogP contribution in [0, 0.1) is 0 Å². The van der Waals surface area contributed by atoms with E-state index in [1.165, 1.54) is 5.56 Å². The molecule has 0 saturated heterocycles. The number of aromatic amines is 1. The fourth-order valence-electron chi connectivity index (χ4n) is 3.62. The van der Waals surface area contributed by atoms with E-state index in [1.807, 2.05) is 49.5 Å². The van der Waals surface area contributed by atoms with E-state index in [2.05, 4.69) is 17.2 Å². The average molecular weight is 364 g/mol. The lowest BCUT2D eigenvalue weighted by Gasteiger charge is -2.13. The van der Waals surface area contributed by atoms with E-state index >= 15 is 0 Å². The van der Waals surface area contributed by atoms with Gasteiger partial charge in [0.2, 0.25) is 5.91 Å². The number of aromatic nitrogens is 1. The molecule has 1 aromatic heterocycles. The van der Waals surface area contributed by atoms with Crippen LogP contribution in [0.4, 0.5) is 0 Å². The predicted octanol–water partition coefficient (Wildman–Crippen LogP) is 3.75. The van der Waals surface area contributed by atoms with Gasteiger partial charge in [-0.3, -0.25) is 4.79 Å². The maximum Gasteiger partial charge on any atom is 0.224 e. The minimum atomic E-state index is -0.0167. The van der Waals surface area contributed by atoms with Crippen LogP contribution in [0.1, 0.15) is 30.5 Å². The lowest BCUT2D eigenvalue weighted by Crippen LogP contribution is -2.24. The summed E-state index contributed by atoms with van der Waals surface area (Å²) >= 11 is 0. The second-order valence-electron chi connectivity index (χ2n) is 6.95. The first-order chi connectivity index (χ1) is 13.1. The van der Waals surface area contributed by atoms with Gasteiger partial charge < -0.3 is 19.8 Å². The number of H-pyrrole nitrogens is 1. The fourth-order valence-corrected chi connectivity index (χ4v) is 3.62. The Hall–Kier alpha value is -2.95. The lowest BCUT2D eigenvalue weighted by atomic mass is 10.1. The smallest absolute Gasteiger partial charge is 0.224 e. The molecule has 1 aliphatic heterocycles. The van der Waals surface area contributed by atoms with Gasteiger partial charge in [-0.25, -0.2) is 0 Å². The number of ether oxygens (including phenoxy) is 2. The number of amides is 1. The number of benzene rings is 2. The number of para-hydroxylation sites is 1. The third-order valence-electron chi connectivity index (χ3n) is 4.88. The molecule has 0 bridgehead atoms. The molecule has 5 nitrogen and oxygen atoms in total. The van der Waals surface area contributed by atoms with Crippen molar-refractivity contribution in [3.63, 3.8) is 0 Å². The number of carbonyl (C=O) groups is 1. The van der Waals surface area contributed by atoms with Crippen LogP contribution in [0.5, 0.6) is 11.5 Å². The molecular weight excluding hydrogens is 340 g/mol. The molecule has 1 aliphatic rings. The highest BCUT2D eigenvalue weighted by molar-refractivity contribution is 5.88. The first-order valence-corrected chi connectivity index (χ1v) is 9.41. The van der Waals surface area contributed by atoms with Crippen LogP contribution in [0.25, 0.3) is 10.9 Å². The maximum atomic E-state index is 12.5. The summed E-state index contributed by atoms with van der Waals surface area (Å²) in [6.07, 6.45) is 3.32. The molecule has 4 rings (SSSR count). The van der Waals surface area contributed by atoms with E-state index in [-0.39, 0.29) is 12.0 Å².